The molecule has 0 aliphatic heterocycles. The minimum Gasteiger partial charge on any atom is -0.481 e. The second kappa shape index (κ2) is 7.87. The Hall–Kier alpha value is -0.970. The maximum atomic E-state index is 12.3. The van der Waals surface area contributed by atoms with Crippen molar-refractivity contribution in [2.45, 2.75) is 38.8 Å². The number of methoxy groups -OCH3 is 1. The van der Waals surface area contributed by atoms with E-state index in [0.717, 1.165) is 0 Å². The third-order valence-electron chi connectivity index (χ3n) is 2.74. The van der Waals surface area contributed by atoms with Crippen LogP contribution in [-0.2, 0) is 9.53 Å². The Balaban J connectivity index is 2.76. The summed E-state index contributed by atoms with van der Waals surface area (Å²) in [7, 11) is 1.59. The molecule has 0 saturated carbocycles. The Kier molecular flexibility index (Phi) is 6.78. The summed E-state index contributed by atoms with van der Waals surface area (Å²) in [6.07, 6.45) is -0.0883. The summed E-state index contributed by atoms with van der Waals surface area (Å²) >= 11 is 11.8. The normalized spacial score (nSPS) is 12.9. The Morgan fingerprint density at radius 1 is 1.29 bits per heavy atom. The molecule has 1 rings (SSSR count). The van der Waals surface area contributed by atoms with Gasteiger partial charge in [-0.2, -0.15) is 0 Å². The highest BCUT2D eigenvalue weighted by atomic mass is 35.5. The van der Waals surface area contributed by atoms with E-state index in [1.165, 1.54) is 0 Å². The number of carbonyl (C=O) groups excluding carboxylic acids is 1. The maximum Gasteiger partial charge on any atom is 0.261 e. The fourth-order valence-electron chi connectivity index (χ4n) is 1.89. The standard InChI is InChI=1S/C15H21Cl2NO3/c1-5-13(14(19)18-15(2,3)9-20-4)21-12-7-10(16)6-11(17)8-12/h6-8,13H,5,9H2,1-4H3,(H,18,19). The van der Waals surface area contributed by atoms with Crippen molar-refractivity contribution in [1.29, 1.82) is 0 Å². The first kappa shape index (κ1) is 18.1. The number of hydrogen-bond acceptors (Lipinski definition) is 3. The van der Waals surface area contributed by atoms with Crippen LogP contribution >= 0.6 is 23.2 Å². The zero-order chi connectivity index (χ0) is 16.0. The van der Waals surface area contributed by atoms with E-state index in [1.54, 1.807) is 25.3 Å². The van der Waals surface area contributed by atoms with Crippen molar-refractivity contribution in [2.24, 2.45) is 0 Å². The highest BCUT2D eigenvalue weighted by Crippen LogP contribution is 2.25. The second-order valence-corrected chi connectivity index (χ2v) is 6.30. The van der Waals surface area contributed by atoms with Gasteiger partial charge in [0, 0.05) is 17.2 Å². The number of benzene rings is 1. The van der Waals surface area contributed by atoms with Crippen molar-refractivity contribution in [3.05, 3.63) is 28.2 Å². The summed E-state index contributed by atoms with van der Waals surface area (Å²) in [5.74, 6) is 0.273. The lowest BCUT2D eigenvalue weighted by Gasteiger charge is -2.28. The van der Waals surface area contributed by atoms with Gasteiger partial charge in [-0.05, 0) is 38.5 Å². The van der Waals surface area contributed by atoms with Crippen molar-refractivity contribution >= 4 is 29.1 Å². The number of nitrogens with one attached hydrogen (secondary N) is 1. The third kappa shape index (κ3) is 6.12. The summed E-state index contributed by atoms with van der Waals surface area (Å²) in [5, 5.41) is 3.83. The Morgan fingerprint density at radius 3 is 2.33 bits per heavy atom. The van der Waals surface area contributed by atoms with Gasteiger partial charge in [0.05, 0.1) is 12.1 Å². The van der Waals surface area contributed by atoms with Crippen LogP contribution in [0.5, 0.6) is 5.75 Å². The quantitative estimate of drug-likeness (QED) is 0.827. The van der Waals surface area contributed by atoms with Crippen LogP contribution < -0.4 is 10.1 Å². The first-order valence-corrected chi connectivity index (χ1v) is 7.46. The van der Waals surface area contributed by atoms with Crippen LogP contribution in [0.3, 0.4) is 0 Å². The summed E-state index contributed by atoms with van der Waals surface area (Å²) in [5.41, 5.74) is -0.464. The maximum absolute atomic E-state index is 12.3. The van der Waals surface area contributed by atoms with Crippen LogP contribution in [-0.4, -0.2) is 31.3 Å². The Bertz CT molecular complexity index is 472. The molecule has 0 heterocycles. The predicted molar refractivity (Wildman–Crippen MR) is 85.3 cm³/mol. The molecule has 4 nitrogen and oxygen atoms in total. The summed E-state index contributed by atoms with van der Waals surface area (Å²) in [6.45, 7) is 6.06. The van der Waals surface area contributed by atoms with Gasteiger partial charge in [-0.15, -0.1) is 0 Å². The largest absolute Gasteiger partial charge is 0.481 e. The van der Waals surface area contributed by atoms with Crippen molar-refractivity contribution in [1.82, 2.24) is 5.32 Å². The molecule has 0 aliphatic carbocycles. The molecule has 0 saturated heterocycles. The fraction of sp³-hybridized carbons (Fsp3) is 0.533. The van der Waals surface area contributed by atoms with Gasteiger partial charge in [0.1, 0.15) is 5.75 Å². The van der Waals surface area contributed by atoms with Crippen LogP contribution in [0.25, 0.3) is 0 Å². The number of halogens is 2. The van der Waals surface area contributed by atoms with E-state index >= 15 is 0 Å². The molecule has 0 bridgehead atoms. The minimum absolute atomic E-state index is 0.198. The molecule has 1 atom stereocenters. The van der Waals surface area contributed by atoms with E-state index in [1.807, 2.05) is 20.8 Å². The van der Waals surface area contributed by atoms with Gasteiger partial charge in [-0.1, -0.05) is 30.1 Å². The summed E-state index contributed by atoms with van der Waals surface area (Å²) in [4.78, 5) is 12.3. The van der Waals surface area contributed by atoms with Crippen molar-refractivity contribution in [2.75, 3.05) is 13.7 Å². The molecule has 0 aromatic heterocycles. The zero-order valence-corrected chi connectivity index (χ0v) is 14.2. The molecule has 1 aromatic rings. The Labute approximate surface area is 135 Å². The number of amides is 1. The first-order valence-electron chi connectivity index (χ1n) is 6.71. The van der Waals surface area contributed by atoms with Crippen LogP contribution in [0.2, 0.25) is 10.0 Å². The molecule has 21 heavy (non-hydrogen) atoms. The van der Waals surface area contributed by atoms with Gasteiger partial charge in [-0.25, -0.2) is 0 Å². The lowest BCUT2D eigenvalue weighted by atomic mass is 10.1. The molecule has 0 aliphatic rings. The lowest BCUT2D eigenvalue weighted by Crippen LogP contribution is -2.51. The van der Waals surface area contributed by atoms with Crippen molar-refractivity contribution in [3.63, 3.8) is 0 Å². The number of hydrogen-bond donors (Lipinski definition) is 1. The number of ether oxygens (including phenoxy) is 2. The Morgan fingerprint density at radius 2 is 1.86 bits per heavy atom. The molecular formula is C15H21Cl2NO3. The summed E-state index contributed by atoms with van der Waals surface area (Å²) < 4.78 is 10.8. The van der Waals surface area contributed by atoms with E-state index in [9.17, 15) is 4.79 Å². The topological polar surface area (TPSA) is 47.6 Å². The SMILES string of the molecule is CCC(Oc1cc(Cl)cc(Cl)c1)C(=O)NC(C)(C)COC. The molecule has 0 fully saturated rings. The van der Waals surface area contributed by atoms with E-state index < -0.39 is 11.6 Å². The second-order valence-electron chi connectivity index (χ2n) is 5.43. The lowest BCUT2D eigenvalue weighted by molar-refractivity contribution is -0.130. The third-order valence-corrected chi connectivity index (χ3v) is 3.18. The van der Waals surface area contributed by atoms with E-state index in [4.69, 9.17) is 32.7 Å². The molecule has 1 amide bonds. The van der Waals surface area contributed by atoms with E-state index in [-0.39, 0.29) is 5.91 Å². The molecule has 1 unspecified atom stereocenters. The van der Waals surface area contributed by atoms with Gasteiger partial charge in [-0.3, -0.25) is 4.79 Å². The van der Waals surface area contributed by atoms with Gasteiger partial charge in [0.2, 0.25) is 0 Å². The smallest absolute Gasteiger partial charge is 0.261 e. The van der Waals surface area contributed by atoms with Crippen molar-refractivity contribution < 1.29 is 14.3 Å². The molecule has 1 N–H and O–H groups in total. The van der Waals surface area contributed by atoms with Crippen LogP contribution in [0.15, 0.2) is 18.2 Å². The van der Waals surface area contributed by atoms with E-state index in [2.05, 4.69) is 5.32 Å². The number of carbonyl (C=O) groups is 1. The average molecular weight is 334 g/mol. The molecule has 0 spiro atoms. The molecule has 0 radical (unpaired) electrons. The molecule has 1 aromatic carbocycles. The molecule has 6 heteroatoms. The van der Waals surface area contributed by atoms with Gasteiger partial charge >= 0.3 is 0 Å². The van der Waals surface area contributed by atoms with Gasteiger partial charge < -0.3 is 14.8 Å². The van der Waals surface area contributed by atoms with Gasteiger partial charge in [0.15, 0.2) is 6.10 Å². The van der Waals surface area contributed by atoms with Gasteiger partial charge in [0.25, 0.3) is 5.91 Å². The highest BCUT2D eigenvalue weighted by molar-refractivity contribution is 6.34. The highest BCUT2D eigenvalue weighted by Gasteiger charge is 2.26. The van der Waals surface area contributed by atoms with E-state index in [0.29, 0.717) is 28.8 Å². The number of rotatable bonds is 7. The van der Waals surface area contributed by atoms with Crippen LogP contribution in [0, 0.1) is 0 Å². The van der Waals surface area contributed by atoms with Crippen molar-refractivity contribution in [3.8, 4) is 5.75 Å². The predicted octanol–water partition coefficient (Wildman–Crippen LogP) is 3.69. The van der Waals surface area contributed by atoms with Crippen LogP contribution in [0.4, 0.5) is 0 Å². The fourth-order valence-corrected chi connectivity index (χ4v) is 2.40. The molecular weight excluding hydrogens is 313 g/mol. The average Bonchev–Trinajstić information content (AvgIpc) is 2.33. The molecule has 118 valence electrons. The van der Waals surface area contributed by atoms with Crippen LogP contribution in [0.1, 0.15) is 27.2 Å². The first-order chi connectivity index (χ1) is 9.77. The minimum atomic E-state index is -0.615. The zero-order valence-electron chi connectivity index (χ0n) is 12.7. The monoisotopic (exact) mass is 333 g/mol. The summed E-state index contributed by atoms with van der Waals surface area (Å²) in [6, 6.07) is 4.87.